The summed E-state index contributed by atoms with van der Waals surface area (Å²) in [7, 11) is 0. The van der Waals surface area contributed by atoms with E-state index in [9.17, 15) is 9.59 Å². The van der Waals surface area contributed by atoms with E-state index in [1.165, 1.54) is 0 Å². The van der Waals surface area contributed by atoms with Crippen molar-refractivity contribution >= 4 is 49.9 Å². The van der Waals surface area contributed by atoms with E-state index >= 15 is 0 Å². The van der Waals surface area contributed by atoms with Gasteiger partial charge in [0.25, 0.3) is 5.91 Å². The van der Waals surface area contributed by atoms with Crippen molar-refractivity contribution in [3.63, 3.8) is 0 Å². The number of carbonyl (C=O) groups is 2. The Bertz CT molecular complexity index is 1110. The number of hydrogen-bond acceptors (Lipinski definition) is 5. The molecule has 28 heavy (non-hydrogen) atoms. The quantitative estimate of drug-likeness (QED) is 0.490. The maximum atomic E-state index is 12.2. The number of aryl methyl sites for hydroxylation is 1. The Morgan fingerprint density at radius 3 is 2.64 bits per heavy atom. The third-order valence-corrected chi connectivity index (χ3v) is 5.41. The summed E-state index contributed by atoms with van der Waals surface area (Å²) < 4.78 is 6.21. The molecule has 5 nitrogen and oxygen atoms in total. The number of thiazole rings is 1. The van der Waals surface area contributed by atoms with E-state index in [0.717, 1.165) is 26.0 Å². The summed E-state index contributed by atoms with van der Waals surface area (Å²) in [5, 5.41) is 5.67. The van der Waals surface area contributed by atoms with Crippen molar-refractivity contribution in [3.05, 3.63) is 71.7 Å². The Balaban J connectivity index is 1.28. The van der Waals surface area contributed by atoms with Crippen LogP contribution in [-0.4, -0.2) is 23.5 Å². The molecular weight excluding hydrogens is 372 g/mol. The van der Waals surface area contributed by atoms with Gasteiger partial charge in [0.05, 0.1) is 21.6 Å². The second-order valence-corrected chi connectivity index (χ2v) is 7.43. The van der Waals surface area contributed by atoms with Crippen LogP contribution in [0.15, 0.2) is 66.7 Å². The van der Waals surface area contributed by atoms with Crippen LogP contribution in [-0.2, 0) is 20.7 Å². The average Bonchev–Trinajstić information content (AvgIpc) is 3.14. The number of nitrogens with zero attached hydrogens (tertiary/aromatic N) is 1. The number of hydrogen-bond donors (Lipinski definition) is 1. The zero-order valence-electron chi connectivity index (χ0n) is 15.1. The van der Waals surface area contributed by atoms with Crippen molar-refractivity contribution in [2.75, 3.05) is 11.9 Å². The minimum Gasteiger partial charge on any atom is -0.456 e. The number of para-hydroxylation sites is 1. The average molecular weight is 390 g/mol. The first-order valence-corrected chi connectivity index (χ1v) is 9.78. The highest BCUT2D eigenvalue weighted by Crippen LogP contribution is 2.23. The summed E-state index contributed by atoms with van der Waals surface area (Å²) in [6.45, 7) is -0.304. The highest BCUT2D eigenvalue weighted by Gasteiger charge is 2.11. The van der Waals surface area contributed by atoms with Crippen LogP contribution in [0.25, 0.3) is 21.0 Å². The van der Waals surface area contributed by atoms with Crippen LogP contribution in [0.4, 0.5) is 5.69 Å². The smallest absolute Gasteiger partial charge is 0.306 e. The van der Waals surface area contributed by atoms with Crippen LogP contribution in [0.2, 0.25) is 0 Å². The SMILES string of the molecule is O=C(COC(=O)CCc1nc2ccccc2s1)Nc1cccc2ccccc12. The van der Waals surface area contributed by atoms with Gasteiger partial charge in [0.15, 0.2) is 6.61 Å². The zero-order valence-corrected chi connectivity index (χ0v) is 15.9. The van der Waals surface area contributed by atoms with E-state index in [1.807, 2.05) is 66.7 Å². The summed E-state index contributed by atoms with van der Waals surface area (Å²) in [6.07, 6.45) is 0.699. The Kier molecular flexibility index (Phi) is 5.30. The molecule has 0 saturated carbocycles. The molecule has 0 unspecified atom stereocenters. The predicted molar refractivity (Wildman–Crippen MR) is 111 cm³/mol. The molecule has 1 aromatic heterocycles. The van der Waals surface area contributed by atoms with Crippen LogP contribution in [0.1, 0.15) is 11.4 Å². The van der Waals surface area contributed by atoms with Crippen molar-refractivity contribution in [2.45, 2.75) is 12.8 Å². The van der Waals surface area contributed by atoms with Gasteiger partial charge in [-0.2, -0.15) is 0 Å². The Hall–Kier alpha value is -3.25. The van der Waals surface area contributed by atoms with Crippen molar-refractivity contribution < 1.29 is 14.3 Å². The lowest BCUT2D eigenvalue weighted by Crippen LogP contribution is -2.21. The number of nitrogens with one attached hydrogen (secondary N) is 1. The van der Waals surface area contributed by atoms with Crippen LogP contribution in [0.3, 0.4) is 0 Å². The number of rotatable bonds is 6. The summed E-state index contributed by atoms with van der Waals surface area (Å²) >= 11 is 1.57. The van der Waals surface area contributed by atoms with Gasteiger partial charge in [-0.3, -0.25) is 9.59 Å². The topological polar surface area (TPSA) is 68.3 Å². The van der Waals surface area contributed by atoms with Gasteiger partial charge in [-0.15, -0.1) is 11.3 Å². The van der Waals surface area contributed by atoms with Gasteiger partial charge in [0.1, 0.15) is 0 Å². The van der Waals surface area contributed by atoms with Gasteiger partial charge in [-0.05, 0) is 23.6 Å². The molecule has 0 bridgehead atoms. The summed E-state index contributed by atoms with van der Waals surface area (Å²) in [5.74, 6) is -0.767. The van der Waals surface area contributed by atoms with E-state index in [4.69, 9.17) is 4.74 Å². The summed E-state index contributed by atoms with van der Waals surface area (Å²) in [5.41, 5.74) is 1.64. The van der Waals surface area contributed by atoms with Crippen molar-refractivity contribution in [2.24, 2.45) is 0 Å². The van der Waals surface area contributed by atoms with Gasteiger partial charge in [-0.25, -0.2) is 4.98 Å². The molecular formula is C22H18N2O3S. The summed E-state index contributed by atoms with van der Waals surface area (Å²) in [6, 6.07) is 21.3. The Labute approximate surface area is 166 Å². The highest BCUT2D eigenvalue weighted by molar-refractivity contribution is 7.18. The molecule has 6 heteroatoms. The first-order valence-electron chi connectivity index (χ1n) is 8.97. The molecule has 3 aromatic carbocycles. The largest absolute Gasteiger partial charge is 0.456 e. The zero-order chi connectivity index (χ0) is 19.3. The van der Waals surface area contributed by atoms with Crippen LogP contribution < -0.4 is 5.32 Å². The monoisotopic (exact) mass is 390 g/mol. The number of amides is 1. The molecule has 1 amide bonds. The first-order chi connectivity index (χ1) is 13.7. The number of fused-ring (bicyclic) bond motifs is 2. The van der Waals surface area contributed by atoms with Gasteiger partial charge in [0.2, 0.25) is 0 Å². The van der Waals surface area contributed by atoms with Crippen LogP contribution in [0.5, 0.6) is 0 Å². The third kappa shape index (κ3) is 4.18. The molecule has 0 spiro atoms. The predicted octanol–water partition coefficient (Wildman–Crippen LogP) is 4.56. The van der Waals surface area contributed by atoms with E-state index in [2.05, 4.69) is 10.3 Å². The number of aromatic nitrogens is 1. The number of anilines is 1. The molecule has 1 N–H and O–H groups in total. The number of esters is 1. The van der Waals surface area contributed by atoms with Crippen LogP contribution >= 0.6 is 11.3 Å². The van der Waals surface area contributed by atoms with Crippen LogP contribution in [0, 0.1) is 0 Å². The number of carbonyl (C=O) groups excluding carboxylic acids is 2. The maximum absolute atomic E-state index is 12.2. The molecule has 0 fully saturated rings. The molecule has 4 rings (SSSR count). The molecule has 0 atom stereocenters. The maximum Gasteiger partial charge on any atom is 0.306 e. The minimum absolute atomic E-state index is 0.196. The van der Waals surface area contributed by atoms with E-state index < -0.39 is 5.97 Å². The molecule has 0 radical (unpaired) electrons. The van der Waals surface area contributed by atoms with E-state index in [-0.39, 0.29) is 18.9 Å². The van der Waals surface area contributed by atoms with E-state index in [0.29, 0.717) is 12.1 Å². The lowest BCUT2D eigenvalue weighted by Gasteiger charge is -2.09. The molecule has 0 aliphatic heterocycles. The Morgan fingerprint density at radius 2 is 1.75 bits per heavy atom. The second-order valence-electron chi connectivity index (χ2n) is 6.31. The standard InChI is InChI=1S/C22H18N2O3S/c25-20(23-17-10-5-7-15-6-1-2-8-16(15)17)14-27-22(26)13-12-21-24-18-9-3-4-11-19(18)28-21/h1-11H,12-14H2,(H,23,25). The molecule has 0 aliphatic rings. The second kappa shape index (κ2) is 8.19. The number of ether oxygens (including phenoxy) is 1. The fourth-order valence-corrected chi connectivity index (χ4v) is 3.94. The van der Waals surface area contributed by atoms with E-state index in [1.54, 1.807) is 11.3 Å². The van der Waals surface area contributed by atoms with Gasteiger partial charge < -0.3 is 10.1 Å². The number of benzene rings is 3. The van der Waals surface area contributed by atoms with Gasteiger partial charge in [-0.1, -0.05) is 48.5 Å². The van der Waals surface area contributed by atoms with Crippen molar-refractivity contribution in [1.82, 2.24) is 4.98 Å². The fraction of sp³-hybridized carbons (Fsp3) is 0.136. The molecule has 1 heterocycles. The molecule has 0 saturated heterocycles. The third-order valence-electron chi connectivity index (χ3n) is 4.31. The lowest BCUT2D eigenvalue weighted by molar-refractivity contribution is -0.147. The molecule has 0 aliphatic carbocycles. The van der Waals surface area contributed by atoms with Crippen molar-refractivity contribution in [3.8, 4) is 0 Å². The molecule has 140 valence electrons. The summed E-state index contributed by atoms with van der Waals surface area (Å²) in [4.78, 5) is 28.6. The van der Waals surface area contributed by atoms with Gasteiger partial charge >= 0.3 is 5.97 Å². The minimum atomic E-state index is -0.410. The lowest BCUT2D eigenvalue weighted by atomic mass is 10.1. The Morgan fingerprint density at radius 1 is 0.964 bits per heavy atom. The normalized spacial score (nSPS) is 10.9. The fourth-order valence-electron chi connectivity index (χ4n) is 2.97. The molecule has 4 aromatic rings. The first kappa shape index (κ1) is 18.1. The van der Waals surface area contributed by atoms with Gasteiger partial charge in [0, 0.05) is 17.5 Å². The van der Waals surface area contributed by atoms with Crippen molar-refractivity contribution in [1.29, 1.82) is 0 Å². The highest BCUT2D eigenvalue weighted by atomic mass is 32.1.